The molecule has 0 bridgehead atoms. The third kappa shape index (κ3) is 4.08. The van der Waals surface area contributed by atoms with Gasteiger partial charge in [-0.3, -0.25) is 0 Å². The molecule has 2 unspecified atom stereocenters. The van der Waals surface area contributed by atoms with Crippen LogP contribution in [0.5, 0.6) is 0 Å². The van der Waals surface area contributed by atoms with Crippen LogP contribution in [0.25, 0.3) is 0 Å². The lowest BCUT2D eigenvalue weighted by Crippen LogP contribution is -2.46. The zero-order valence-electron chi connectivity index (χ0n) is 13.5. The number of unbranched alkanes of at least 4 members (excludes halogenated alkanes) is 4. The molecule has 2 heteroatoms. The Kier molecular flexibility index (Phi) is 6.25. The highest BCUT2D eigenvalue weighted by atomic mass is 16.3. The lowest BCUT2D eigenvalue weighted by atomic mass is 9.67. The second kappa shape index (κ2) is 7.95. The fourth-order valence-corrected chi connectivity index (χ4v) is 3.67. The van der Waals surface area contributed by atoms with Gasteiger partial charge in [0, 0.05) is 12.0 Å². The van der Waals surface area contributed by atoms with E-state index in [0.717, 1.165) is 32.1 Å². The van der Waals surface area contributed by atoms with Crippen molar-refractivity contribution in [2.75, 3.05) is 6.54 Å². The lowest BCUT2D eigenvalue weighted by Gasteiger charge is -2.41. The van der Waals surface area contributed by atoms with E-state index in [1.807, 2.05) is 0 Å². The van der Waals surface area contributed by atoms with Gasteiger partial charge in [-0.05, 0) is 36.8 Å². The molecule has 0 aliphatic heterocycles. The summed E-state index contributed by atoms with van der Waals surface area (Å²) in [6.45, 7) is 2.83. The van der Waals surface area contributed by atoms with E-state index >= 15 is 0 Å². The molecule has 0 saturated heterocycles. The van der Waals surface area contributed by atoms with E-state index in [0.29, 0.717) is 6.54 Å². The minimum Gasteiger partial charge on any atom is -0.392 e. The van der Waals surface area contributed by atoms with Gasteiger partial charge < -0.3 is 10.8 Å². The van der Waals surface area contributed by atoms with Crippen LogP contribution >= 0.6 is 0 Å². The first kappa shape index (κ1) is 16.5. The average molecular weight is 289 g/mol. The maximum Gasteiger partial charge on any atom is 0.0611 e. The van der Waals surface area contributed by atoms with Crippen molar-refractivity contribution in [2.45, 2.75) is 70.8 Å². The smallest absolute Gasteiger partial charge is 0.0611 e. The van der Waals surface area contributed by atoms with E-state index in [9.17, 15) is 5.11 Å². The third-order valence-corrected chi connectivity index (χ3v) is 5.25. The topological polar surface area (TPSA) is 46.2 Å². The van der Waals surface area contributed by atoms with Crippen molar-refractivity contribution < 1.29 is 5.11 Å². The molecule has 2 nitrogen and oxygen atoms in total. The zero-order valence-corrected chi connectivity index (χ0v) is 13.5. The minimum absolute atomic E-state index is 0.0981. The van der Waals surface area contributed by atoms with Crippen molar-refractivity contribution in [2.24, 2.45) is 11.1 Å². The summed E-state index contributed by atoms with van der Waals surface area (Å²) in [6.07, 6.45) is 9.92. The monoisotopic (exact) mass is 289 g/mol. The highest BCUT2D eigenvalue weighted by Crippen LogP contribution is 2.39. The van der Waals surface area contributed by atoms with Gasteiger partial charge in [0.05, 0.1) is 6.10 Å². The average Bonchev–Trinajstić information content (AvgIpc) is 2.54. The number of hydrogen-bond donors (Lipinski definition) is 2. The molecule has 2 atom stereocenters. The first-order valence-electron chi connectivity index (χ1n) is 8.67. The van der Waals surface area contributed by atoms with Gasteiger partial charge in [0.1, 0.15) is 0 Å². The van der Waals surface area contributed by atoms with Crippen LogP contribution in [0.4, 0.5) is 0 Å². The standard InChI is InChI=1S/C19H31NO/c1-2-3-4-5-6-11-18(21)19(15-20)13-12-16-9-7-8-10-17(16)14-19/h7-10,18,21H,2-6,11-15,20H2,1H3. The van der Waals surface area contributed by atoms with Crippen LogP contribution in [0.1, 0.15) is 63.0 Å². The summed E-state index contributed by atoms with van der Waals surface area (Å²) >= 11 is 0. The first-order chi connectivity index (χ1) is 10.2. The molecule has 0 saturated carbocycles. The molecule has 0 heterocycles. The Hall–Kier alpha value is -0.860. The van der Waals surface area contributed by atoms with Gasteiger partial charge in [0.2, 0.25) is 0 Å². The molecular weight excluding hydrogens is 258 g/mol. The molecule has 1 aromatic rings. The van der Waals surface area contributed by atoms with Crippen LogP contribution < -0.4 is 5.73 Å². The van der Waals surface area contributed by atoms with Crippen LogP contribution in [-0.2, 0) is 12.8 Å². The third-order valence-electron chi connectivity index (χ3n) is 5.25. The van der Waals surface area contributed by atoms with Crippen LogP contribution in [0.2, 0.25) is 0 Å². The Labute approximate surface area is 129 Å². The lowest BCUT2D eigenvalue weighted by molar-refractivity contribution is 0.0116. The van der Waals surface area contributed by atoms with Gasteiger partial charge in [-0.1, -0.05) is 63.3 Å². The molecule has 1 aromatic carbocycles. The molecule has 1 aliphatic carbocycles. The first-order valence-corrected chi connectivity index (χ1v) is 8.67. The van der Waals surface area contributed by atoms with Gasteiger partial charge in [-0.25, -0.2) is 0 Å². The van der Waals surface area contributed by atoms with Crippen molar-refractivity contribution in [1.82, 2.24) is 0 Å². The number of benzene rings is 1. The number of aliphatic hydroxyl groups excluding tert-OH is 1. The summed E-state index contributed by atoms with van der Waals surface area (Å²) in [5.74, 6) is 0. The number of rotatable bonds is 8. The molecule has 1 aliphatic rings. The largest absolute Gasteiger partial charge is 0.392 e. The SMILES string of the molecule is CCCCCCCC(O)C1(CN)CCc2ccccc2C1. The van der Waals surface area contributed by atoms with E-state index in [1.165, 1.54) is 36.8 Å². The second-order valence-corrected chi connectivity index (χ2v) is 6.73. The van der Waals surface area contributed by atoms with Gasteiger partial charge >= 0.3 is 0 Å². The maximum absolute atomic E-state index is 10.7. The van der Waals surface area contributed by atoms with E-state index in [2.05, 4.69) is 31.2 Å². The maximum atomic E-state index is 10.7. The quantitative estimate of drug-likeness (QED) is 0.714. The van der Waals surface area contributed by atoms with Crippen molar-refractivity contribution in [3.8, 4) is 0 Å². The number of nitrogens with two attached hydrogens (primary N) is 1. The molecule has 21 heavy (non-hydrogen) atoms. The molecule has 0 aromatic heterocycles. The van der Waals surface area contributed by atoms with E-state index in [1.54, 1.807) is 0 Å². The van der Waals surface area contributed by atoms with Crippen molar-refractivity contribution in [1.29, 1.82) is 0 Å². The Balaban J connectivity index is 1.92. The molecule has 0 radical (unpaired) electrons. The summed E-state index contributed by atoms with van der Waals surface area (Å²) in [5.41, 5.74) is 8.82. The second-order valence-electron chi connectivity index (χ2n) is 6.73. The molecule has 0 fully saturated rings. The summed E-state index contributed by atoms with van der Waals surface area (Å²) in [4.78, 5) is 0. The number of hydrogen-bond acceptors (Lipinski definition) is 2. The predicted molar refractivity (Wildman–Crippen MR) is 89.3 cm³/mol. The summed E-state index contributed by atoms with van der Waals surface area (Å²) in [7, 11) is 0. The molecule has 2 rings (SSSR count). The fraction of sp³-hybridized carbons (Fsp3) is 0.684. The highest BCUT2D eigenvalue weighted by molar-refractivity contribution is 5.31. The van der Waals surface area contributed by atoms with Crippen molar-refractivity contribution >= 4 is 0 Å². The Morgan fingerprint density at radius 1 is 1.14 bits per heavy atom. The van der Waals surface area contributed by atoms with Crippen LogP contribution in [0.15, 0.2) is 24.3 Å². The van der Waals surface area contributed by atoms with Gasteiger partial charge in [-0.2, -0.15) is 0 Å². The van der Waals surface area contributed by atoms with E-state index in [-0.39, 0.29) is 11.5 Å². The molecule has 0 amide bonds. The number of fused-ring (bicyclic) bond motifs is 1. The molecular formula is C19H31NO. The minimum atomic E-state index is -0.252. The van der Waals surface area contributed by atoms with Gasteiger partial charge in [-0.15, -0.1) is 0 Å². The molecule has 0 spiro atoms. The Morgan fingerprint density at radius 2 is 1.86 bits per heavy atom. The summed E-state index contributed by atoms with van der Waals surface area (Å²) < 4.78 is 0. The van der Waals surface area contributed by atoms with E-state index in [4.69, 9.17) is 5.73 Å². The van der Waals surface area contributed by atoms with Crippen LogP contribution in [0.3, 0.4) is 0 Å². The Morgan fingerprint density at radius 3 is 2.57 bits per heavy atom. The number of aliphatic hydroxyl groups is 1. The van der Waals surface area contributed by atoms with Crippen LogP contribution in [0, 0.1) is 5.41 Å². The highest BCUT2D eigenvalue weighted by Gasteiger charge is 2.39. The predicted octanol–water partition coefficient (Wildman–Crippen LogP) is 3.84. The van der Waals surface area contributed by atoms with Gasteiger partial charge in [0.15, 0.2) is 0 Å². The van der Waals surface area contributed by atoms with E-state index < -0.39 is 0 Å². The summed E-state index contributed by atoms with van der Waals surface area (Å²) in [6, 6.07) is 8.63. The van der Waals surface area contributed by atoms with Crippen LogP contribution in [-0.4, -0.2) is 17.8 Å². The fourth-order valence-electron chi connectivity index (χ4n) is 3.67. The Bertz CT molecular complexity index is 431. The zero-order chi connectivity index (χ0) is 15.1. The molecule has 118 valence electrons. The number of aryl methyl sites for hydroxylation is 1. The molecule has 3 N–H and O–H groups in total. The summed E-state index contributed by atoms with van der Waals surface area (Å²) in [5, 5.41) is 10.7. The van der Waals surface area contributed by atoms with Crippen molar-refractivity contribution in [3.05, 3.63) is 35.4 Å². The van der Waals surface area contributed by atoms with Gasteiger partial charge in [0.25, 0.3) is 0 Å². The normalized spacial score (nSPS) is 22.8. The van der Waals surface area contributed by atoms with Crippen molar-refractivity contribution in [3.63, 3.8) is 0 Å².